The van der Waals surface area contributed by atoms with Crippen LogP contribution in [0.3, 0.4) is 0 Å². The maximum Gasteiger partial charge on any atom is 0.304 e. The van der Waals surface area contributed by atoms with Gasteiger partial charge >= 0.3 is 5.97 Å². The quantitative estimate of drug-likeness (QED) is 0.271. The molecule has 0 saturated carbocycles. The molecule has 1 aliphatic heterocycles. The number of carbonyl (C=O) groups excluding carboxylic acids is 1. The van der Waals surface area contributed by atoms with Gasteiger partial charge in [-0.3, -0.25) is 18.7 Å². The third-order valence-corrected chi connectivity index (χ3v) is 9.14. The lowest BCUT2D eigenvalue weighted by atomic mass is 9.84. The first-order chi connectivity index (χ1) is 18.0. The predicted molar refractivity (Wildman–Crippen MR) is 149 cm³/mol. The van der Waals surface area contributed by atoms with Crippen LogP contribution in [0, 0.1) is 13.8 Å². The molecule has 202 valence electrons. The number of rotatable bonds is 8. The molecule has 0 saturated heterocycles. The minimum absolute atomic E-state index is 0.0422. The van der Waals surface area contributed by atoms with Gasteiger partial charge in [-0.1, -0.05) is 49.4 Å². The fourth-order valence-electron chi connectivity index (χ4n) is 4.96. The summed E-state index contributed by atoms with van der Waals surface area (Å²) in [7, 11) is -3.32. The lowest BCUT2D eigenvalue weighted by Gasteiger charge is -2.42. The molecule has 3 aromatic rings. The van der Waals surface area contributed by atoms with Crippen molar-refractivity contribution in [3.63, 3.8) is 0 Å². The first-order valence-electron chi connectivity index (χ1n) is 12.7. The minimum atomic E-state index is -3.32. The highest BCUT2D eigenvalue weighted by atomic mass is 32.3. The van der Waals surface area contributed by atoms with E-state index < -0.39 is 22.7 Å². The zero-order valence-corrected chi connectivity index (χ0v) is 23.0. The average molecular weight is 538 g/mol. The Balaban J connectivity index is 1.73. The second kappa shape index (κ2) is 11.3. The second-order valence-electron chi connectivity index (χ2n) is 9.90. The number of ether oxygens (including phenoxy) is 1. The number of hydrogen-bond donors (Lipinski definition) is 3. The third kappa shape index (κ3) is 5.78. The first kappa shape index (κ1) is 27.9. The highest BCUT2D eigenvalue weighted by Gasteiger charge is 2.35. The van der Waals surface area contributed by atoms with Gasteiger partial charge in [0.25, 0.3) is 0 Å². The van der Waals surface area contributed by atoms with E-state index in [0.717, 1.165) is 27.8 Å². The Morgan fingerprint density at radius 1 is 1.05 bits per heavy atom. The standard InChI is InChI=1S/C30H35NO6S/c1-5-25-18-31(38(35,36)29-9-7-6-8-28(29)37-25)17-24-15-23(11-10-19(24)2)27(16-30(33)34)26-13-12-22(21(4)32)14-20(26)3/h6-15,25,27,35-36H,5,16-18H2,1-4H3,(H,33,34)/t25-,27?/m1/s1. The monoisotopic (exact) mass is 537 g/mol. The molecule has 0 aromatic heterocycles. The first-order valence-corrected chi connectivity index (χ1v) is 14.2. The number of benzene rings is 3. The van der Waals surface area contributed by atoms with E-state index in [9.17, 15) is 23.8 Å². The fraction of sp³-hybridized carbons (Fsp3) is 0.333. The molecule has 1 unspecified atom stereocenters. The Labute approximate surface area is 225 Å². The van der Waals surface area contributed by atoms with Crippen molar-refractivity contribution in [1.82, 2.24) is 4.31 Å². The van der Waals surface area contributed by atoms with Gasteiger partial charge in [-0.15, -0.1) is 10.8 Å². The number of Topliss-reactive ketones (excluding diaryl/α,β-unsaturated/α-hetero) is 1. The number of carboxylic acid groups (broad SMARTS) is 1. The van der Waals surface area contributed by atoms with E-state index in [0.29, 0.717) is 29.2 Å². The van der Waals surface area contributed by atoms with Crippen LogP contribution in [0.2, 0.25) is 0 Å². The summed E-state index contributed by atoms with van der Waals surface area (Å²) >= 11 is 0. The number of aliphatic carboxylic acids is 1. The van der Waals surface area contributed by atoms with Crippen molar-refractivity contribution in [2.75, 3.05) is 6.54 Å². The fourth-order valence-corrected chi connectivity index (χ4v) is 6.58. The van der Waals surface area contributed by atoms with Crippen molar-refractivity contribution in [3.05, 3.63) is 94.0 Å². The molecular formula is C30H35NO6S. The molecular weight excluding hydrogens is 502 g/mol. The van der Waals surface area contributed by atoms with E-state index in [-0.39, 0.29) is 24.9 Å². The van der Waals surface area contributed by atoms with E-state index in [1.165, 1.54) is 6.92 Å². The summed E-state index contributed by atoms with van der Waals surface area (Å²) < 4.78 is 30.6. The molecule has 0 spiro atoms. The van der Waals surface area contributed by atoms with Gasteiger partial charge in [0.2, 0.25) is 0 Å². The SMILES string of the molecule is CC[C@@H]1CN(Cc2cc(C(CC(=O)O)c3ccc(C(C)=O)cc3C)ccc2C)S(O)(O)c2ccccc2O1. The summed E-state index contributed by atoms with van der Waals surface area (Å²) in [6.07, 6.45) is 0.381. The minimum Gasteiger partial charge on any atom is -0.487 e. The summed E-state index contributed by atoms with van der Waals surface area (Å²) in [6.45, 7) is 7.96. The van der Waals surface area contributed by atoms with Gasteiger partial charge in [-0.2, -0.15) is 4.31 Å². The number of carboxylic acids is 1. The molecule has 38 heavy (non-hydrogen) atoms. The topological polar surface area (TPSA) is 107 Å². The molecule has 4 rings (SSSR count). The van der Waals surface area contributed by atoms with Crippen LogP contribution in [0.15, 0.2) is 65.6 Å². The summed E-state index contributed by atoms with van der Waals surface area (Å²) in [4.78, 5) is 24.1. The van der Waals surface area contributed by atoms with Gasteiger partial charge in [0.05, 0.1) is 13.0 Å². The van der Waals surface area contributed by atoms with Crippen LogP contribution in [0.5, 0.6) is 5.75 Å². The molecule has 0 radical (unpaired) electrons. The van der Waals surface area contributed by atoms with E-state index in [1.54, 1.807) is 34.6 Å². The van der Waals surface area contributed by atoms with Gasteiger partial charge < -0.3 is 9.84 Å². The van der Waals surface area contributed by atoms with Crippen LogP contribution < -0.4 is 4.74 Å². The van der Waals surface area contributed by atoms with E-state index >= 15 is 0 Å². The summed E-state index contributed by atoms with van der Waals surface area (Å²) in [6, 6.07) is 18.3. The lowest BCUT2D eigenvalue weighted by molar-refractivity contribution is -0.137. The van der Waals surface area contributed by atoms with Crippen LogP contribution in [0.25, 0.3) is 0 Å². The number of ketones is 1. The van der Waals surface area contributed by atoms with Crippen molar-refractivity contribution < 1.29 is 28.5 Å². The number of fused-ring (bicyclic) bond motifs is 1. The predicted octanol–water partition coefficient (Wildman–Crippen LogP) is 6.81. The Bertz CT molecular complexity index is 1350. The number of para-hydroxylation sites is 1. The molecule has 1 heterocycles. The molecule has 3 N–H and O–H groups in total. The molecule has 2 atom stereocenters. The molecule has 0 amide bonds. The van der Waals surface area contributed by atoms with Crippen molar-refractivity contribution in [1.29, 1.82) is 0 Å². The van der Waals surface area contributed by atoms with Gasteiger partial charge in [0, 0.05) is 18.0 Å². The average Bonchev–Trinajstić information content (AvgIpc) is 2.97. The normalized spacial score (nSPS) is 18.5. The third-order valence-electron chi connectivity index (χ3n) is 7.21. The van der Waals surface area contributed by atoms with Crippen molar-refractivity contribution in [2.45, 2.75) is 64.0 Å². The van der Waals surface area contributed by atoms with Gasteiger partial charge in [-0.25, -0.2) is 0 Å². The second-order valence-corrected chi connectivity index (χ2v) is 11.9. The smallest absolute Gasteiger partial charge is 0.304 e. The molecule has 7 nitrogen and oxygen atoms in total. The van der Waals surface area contributed by atoms with Gasteiger partial charge in [-0.05, 0) is 73.2 Å². The largest absolute Gasteiger partial charge is 0.487 e. The zero-order valence-electron chi connectivity index (χ0n) is 22.2. The van der Waals surface area contributed by atoms with Crippen molar-refractivity contribution >= 4 is 22.5 Å². The van der Waals surface area contributed by atoms with Crippen molar-refractivity contribution in [3.8, 4) is 5.75 Å². The highest BCUT2D eigenvalue weighted by Crippen LogP contribution is 2.57. The Hall–Kier alpha value is -3.17. The number of nitrogens with zero attached hydrogens (tertiary/aromatic N) is 1. The van der Waals surface area contributed by atoms with Crippen LogP contribution in [0.4, 0.5) is 0 Å². The van der Waals surface area contributed by atoms with Crippen LogP contribution >= 0.6 is 10.8 Å². The summed E-state index contributed by atoms with van der Waals surface area (Å²) in [5, 5.41) is 9.74. The maximum atomic E-state index is 11.9. The summed E-state index contributed by atoms with van der Waals surface area (Å²) in [5.41, 5.74) is 4.95. The van der Waals surface area contributed by atoms with Crippen LogP contribution in [0.1, 0.15) is 70.8 Å². The number of carbonyl (C=O) groups is 2. The van der Waals surface area contributed by atoms with Gasteiger partial charge in [0.1, 0.15) is 16.7 Å². The number of aryl methyl sites for hydroxylation is 2. The highest BCUT2D eigenvalue weighted by molar-refractivity contribution is 8.22. The van der Waals surface area contributed by atoms with E-state index in [1.807, 2.05) is 51.1 Å². The van der Waals surface area contributed by atoms with Crippen molar-refractivity contribution in [2.24, 2.45) is 0 Å². The van der Waals surface area contributed by atoms with Crippen LogP contribution in [-0.2, 0) is 11.3 Å². The van der Waals surface area contributed by atoms with E-state index in [4.69, 9.17) is 4.74 Å². The van der Waals surface area contributed by atoms with E-state index in [2.05, 4.69) is 0 Å². The molecule has 3 aromatic carbocycles. The number of hydrogen-bond acceptors (Lipinski definition) is 6. The molecule has 0 aliphatic carbocycles. The lowest BCUT2D eigenvalue weighted by Crippen LogP contribution is -2.34. The Kier molecular flexibility index (Phi) is 8.28. The maximum absolute atomic E-state index is 11.9. The molecule has 1 aliphatic rings. The van der Waals surface area contributed by atoms with Crippen LogP contribution in [-0.4, -0.2) is 42.9 Å². The molecule has 0 bridgehead atoms. The van der Waals surface area contributed by atoms with Gasteiger partial charge in [0.15, 0.2) is 5.78 Å². The molecule has 0 fully saturated rings. The zero-order chi connectivity index (χ0) is 27.6. The Morgan fingerprint density at radius 2 is 1.79 bits per heavy atom. The summed E-state index contributed by atoms with van der Waals surface area (Å²) in [5.74, 6) is -0.907. The Morgan fingerprint density at radius 3 is 2.45 bits per heavy atom. The molecule has 8 heteroatoms.